The molecule has 0 fully saturated rings. The molecule has 24 heavy (non-hydrogen) atoms. The number of ether oxygens (including phenoxy) is 1. The molecule has 120 valence electrons. The van der Waals surface area contributed by atoms with Crippen LogP contribution >= 0.6 is 0 Å². The lowest BCUT2D eigenvalue weighted by Gasteiger charge is -2.02. The number of carbonyl (C=O) groups excluding carboxylic acids is 1. The number of carbonyl (C=O) groups is 1. The van der Waals surface area contributed by atoms with Crippen molar-refractivity contribution in [3.63, 3.8) is 0 Å². The Morgan fingerprint density at radius 1 is 1.17 bits per heavy atom. The Morgan fingerprint density at radius 2 is 2.00 bits per heavy atom. The largest absolute Gasteiger partial charge is 0.465 e. The summed E-state index contributed by atoms with van der Waals surface area (Å²) in [5.74, 6) is 0.864. The van der Waals surface area contributed by atoms with Crippen molar-refractivity contribution in [2.45, 2.75) is 0 Å². The predicted molar refractivity (Wildman–Crippen MR) is 91.4 cm³/mol. The first-order chi connectivity index (χ1) is 11.7. The Morgan fingerprint density at radius 3 is 2.79 bits per heavy atom. The first-order valence-electron chi connectivity index (χ1n) is 7.42. The summed E-state index contributed by atoms with van der Waals surface area (Å²) in [7, 11) is 3.26. The molecule has 0 aliphatic heterocycles. The number of methoxy groups -OCH3 is 1. The minimum atomic E-state index is -0.380. The van der Waals surface area contributed by atoms with Crippen molar-refractivity contribution in [1.29, 1.82) is 0 Å². The van der Waals surface area contributed by atoms with Gasteiger partial charge in [-0.05, 0) is 30.3 Å². The van der Waals surface area contributed by atoms with Gasteiger partial charge >= 0.3 is 5.97 Å². The van der Waals surface area contributed by atoms with Gasteiger partial charge in [-0.3, -0.25) is 5.32 Å². The van der Waals surface area contributed by atoms with E-state index in [9.17, 15) is 4.79 Å². The van der Waals surface area contributed by atoms with Crippen molar-refractivity contribution >= 4 is 39.9 Å². The number of H-pyrrole nitrogens is 1. The Bertz CT molecular complexity index is 1030. The molecule has 7 heteroatoms. The molecule has 0 aliphatic carbocycles. The van der Waals surface area contributed by atoms with E-state index in [2.05, 4.69) is 20.3 Å². The van der Waals surface area contributed by atoms with E-state index in [-0.39, 0.29) is 5.97 Å². The second-order valence-corrected chi connectivity index (χ2v) is 5.42. The molecule has 2 aromatic carbocycles. The molecule has 0 saturated heterocycles. The lowest BCUT2D eigenvalue weighted by molar-refractivity contribution is 0.0601. The van der Waals surface area contributed by atoms with Gasteiger partial charge in [0.15, 0.2) is 0 Å². The number of hydrogen-bond donors (Lipinski definition) is 2. The van der Waals surface area contributed by atoms with E-state index in [0.717, 1.165) is 16.6 Å². The van der Waals surface area contributed by atoms with E-state index in [4.69, 9.17) is 4.74 Å². The molecule has 0 radical (unpaired) electrons. The van der Waals surface area contributed by atoms with Crippen LogP contribution in [-0.4, -0.2) is 32.6 Å². The first kappa shape index (κ1) is 14.3. The molecule has 0 unspecified atom stereocenters. The van der Waals surface area contributed by atoms with E-state index in [1.165, 1.54) is 7.11 Å². The van der Waals surface area contributed by atoms with E-state index in [1.807, 2.05) is 41.9 Å². The SMILES string of the molecule is COC(=O)c1ccc2c(c1)nc(Nc1nc3ccccc3[nH]1)n2C. The fourth-order valence-electron chi connectivity index (χ4n) is 2.67. The molecular weight excluding hydrogens is 306 g/mol. The van der Waals surface area contributed by atoms with E-state index in [1.54, 1.807) is 12.1 Å². The number of nitrogens with one attached hydrogen (secondary N) is 2. The van der Waals surface area contributed by atoms with Crippen LogP contribution < -0.4 is 5.32 Å². The lowest BCUT2D eigenvalue weighted by Crippen LogP contribution is -2.01. The number of para-hydroxylation sites is 2. The number of aryl methyl sites for hydroxylation is 1. The predicted octanol–water partition coefficient (Wildman–Crippen LogP) is 2.98. The Labute approximate surface area is 137 Å². The Balaban J connectivity index is 1.73. The van der Waals surface area contributed by atoms with Crippen molar-refractivity contribution < 1.29 is 9.53 Å². The highest BCUT2D eigenvalue weighted by molar-refractivity contribution is 5.94. The van der Waals surface area contributed by atoms with Gasteiger partial charge in [-0.25, -0.2) is 14.8 Å². The molecule has 2 aromatic heterocycles. The number of aromatic amines is 1. The highest BCUT2D eigenvalue weighted by Gasteiger charge is 2.13. The number of imidazole rings is 2. The summed E-state index contributed by atoms with van der Waals surface area (Å²) in [6.45, 7) is 0. The van der Waals surface area contributed by atoms with Crippen molar-refractivity contribution in [2.24, 2.45) is 7.05 Å². The minimum absolute atomic E-state index is 0.380. The normalized spacial score (nSPS) is 11.1. The van der Waals surface area contributed by atoms with Gasteiger partial charge in [-0.2, -0.15) is 0 Å². The van der Waals surface area contributed by atoms with Crippen LogP contribution in [0.2, 0.25) is 0 Å². The summed E-state index contributed by atoms with van der Waals surface area (Å²) in [6.07, 6.45) is 0. The molecule has 0 spiro atoms. The highest BCUT2D eigenvalue weighted by Crippen LogP contribution is 2.23. The Kier molecular flexibility index (Phi) is 3.19. The fraction of sp³-hybridized carbons (Fsp3) is 0.118. The summed E-state index contributed by atoms with van der Waals surface area (Å²) in [4.78, 5) is 23.9. The minimum Gasteiger partial charge on any atom is -0.465 e. The zero-order chi connectivity index (χ0) is 16.7. The van der Waals surface area contributed by atoms with Gasteiger partial charge in [0.1, 0.15) is 0 Å². The molecule has 0 aliphatic rings. The molecule has 0 atom stereocenters. The number of esters is 1. The van der Waals surface area contributed by atoms with Gasteiger partial charge < -0.3 is 14.3 Å². The monoisotopic (exact) mass is 321 g/mol. The third kappa shape index (κ3) is 2.26. The average molecular weight is 321 g/mol. The van der Waals surface area contributed by atoms with E-state index in [0.29, 0.717) is 23.0 Å². The third-order valence-corrected chi connectivity index (χ3v) is 3.92. The van der Waals surface area contributed by atoms with Crippen molar-refractivity contribution in [1.82, 2.24) is 19.5 Å². The van der Waals surface area contributed by atoms with Crippen molar-refractivity contribution in [2.75, 3.05) is 12.4 Å². The molecule has 2 heterocycles. The number of nitrogens with zero attached hydrogens (tertiary/aromatic N) is 3. The van der Waals surface area contributed by atoms with Crippen LogP contribution in [0.3, 0.4) is 0 Å². The average Bonchev–Trinajstić information content (AvgIpc) is 3.15. The second-order valence-electron chi connectivity index (χ2n) is 5.42. The summed E-state index contributed by atoms with van der Waals surface area (Å²) < 4.78 is 6.65. The Hall–Kier alpha value is -3.35. The highest BCUT2D eigenvalue weighted by atomic mass is 16.5. The van der Waals surface area contributed by atoms with Crippen LogP contribution in [0, 0.1) is 0 Å². The summed E-state index contributed by atoms with van der Waals surface area (Å²) >= 11 is 0. The van der Waals surface area contributed by atoms with Crippen LogP contribution in [0.4, 0.5) is 11.9 Å². The topological polar surface area (TPSA) is 84.8 Å². The fourth-order valence-corrected chi connectivity index (χ4v) is 2.67. The molecule has 0 amide bonds. The van der Waals surface area contributed by atoms with Crippen LogP contribution in [0.1, 0.15) is 10.4 Å². The number of fused-ring (bicyclic) bond motifs is 2. The number of aromatic nitrogens is 4. The maximum absolute atomic E-state index is 11.7. The molecule has 4 aromatic rings. The summed E-state index contributed by atoms with van der Waals surface area (Å²) in [5, 5.41) is 3.18. The van der Waals surface area contributed by atoms with Crippen LogP contribution in [0.15, 0.2) is 42.5 Å². The van der Waals surface area contributed by atoms with Crippen LogP contribution in [0.5, 0.6) is 0 Å². The van der Waals surface area contributed by atoms with Gasteiger partial charge in [0.25, 0.3) is 0 Å². The van der Waals surface area contributed by atoms with Gasteiger partial charge in [0, 0.05) is 7.05 Å². The van der Waals surface area contributed by atoms with Crippen LogP contribution in [-0.2, 0) is 11.8 Å². The molecule has 0 saturated carbocycles. The van der Waals surface area contributed by atoms with Crippen molar-refractivity contribution in [3.05, 3.63) is 48.0 Å². The zero-order valence-electron chi connectivity index (χ0n) is 13.2. The van der Waals surface area contributed by atoms with Gasteiger partial charge in [-0.1, -0.05) is 12.1 Å². The summed E-state index contributed by atoms with van der Waals surface area (Å²) in [5.41, 5.74) is 3.91. The standard InChI is InChI=1S/C17H15N5O2/c1-22-14-8-7-10(15(23)24-2)9-13(14)20-17(22)21-16-18-11-5-3-4-6-12(11)19-16/h3-9H,1-2H3,(H2,18,19,20,21). The van der Waals surface area contributed by atoms with Gasteiger partial charge in [0.2, 0.25) is 11.9 Å². The van der Waals surface area contributed by atoms with Gasteiger partial charge in [-0.15, -0.1) is 0 Å². The molecular formula is C17H15N5O2. The number of benzene rings is 2. The van der Waals surface area contributed by atoms with E-state index < -0.39 is 0 Å². The first-order valence-corrected chi connectivity index (χ1v) is 7.42. The summed E-state index contributed by atoms with van der Waals surface area (Å²) in [6, 6.07) is 13.1. The molecule has 2 N–H and O–H groups in total. The van der Waals surface area contributed by atoms with Gasteiger partial charge in [0.05, 0.1) is 34.7 Å². The lowest BCUT2D eigenvalue weighted by atomic mass is 10.2. The quantitative estimate of drug-likeness (QED) is 0.567. The van der Waals surface area contributed by atoms with Crippen molar-refractivity contribution in [3.8, 4) is 0 Å². The zero-order valence-corrected chi connectivity index (χ0v) is 13.2. The smallest absolute Gasteiger partial charge is 0.337 e. The molecule has 0 bridgehead atoms. The maximum atomic E-state index is 11.7. The van der Waals surface area contributed by atoms with Crippen LogP contribution in [0.25, 0.3) is 22.1 Å². The third-order valence-electron chi connectivity index (χ3n) is 3.92. The number of hydrogen-bond acceptors (Lipinski definition) is 5. The molecule has 7 nitrogen and oxygen atoms in total. The second kappa shape index (κ2) is 5.38. The maximum Gasteiger partial charge on any atom is 0.337 e. The molecule has 4 rings (SSSR count). The number of rotatable bonds is 3. The van der Waals surface area contributed by atoms with E-state index >= 15 is 0 Å². The number of anilines is 2.